The summed E-state index contributed by atoms with van der Waals surface area (Å²) in [5, 5.41) is 1.41. The van der Waals surface area contributed by atoms with Crippen molar-refractivity contribution in [3.05, 3.63) is 35.5 Å². The molecule has 3 rings (SSSR count). The predicted octanol–water partition coefficient (Wildman–Crippen LogP) is 5.40. The first-order chi connectivity index (χ1) is 8.88. The number of nitrogens with zero attached hydrogens (tertiary/aromatic N) is 1. The van der Waals surface area contributed by atoms with Crippen molar-refractivity contribution in [3.63, 3.8) is 0 Å². The van der Waals surface area contributed by atoms with Crippen LogP contribution in [-0.4, -0.2) is 4.57 Å². The molecule has 0 N–H and O–H groups in total. The molecule has 0 radical (unpaired) electrons. The molecule has 0 unspecified atom stereocenters. The van der Waals surface area contributed by atoms with E-state index in [2.05, 4.69) is 63.5 Å². The summed E-state index contributed by atoms with van der Waals surface area (Å²) in [6, 6.07) is 10.2. The van der Waals surface area contributed by atoms with Gasteiger partial charge in [0.2, 0.25) is 0 Å². The molecule has 1 heteroatoms. The van der Waals surface area contributed by atoms with Crippen LogP contribution in [-0.2, 0) is 5.41 Å². The molecule has 0 bridgehead atoms. The lowest BCUT2D eigenvalue weighted by Crippen LogP contribution is -2.11. The van der Waals surface area contributed by atoms with Gasteiger partial charge in [-0.1, -0.05) is 46.8 Å². The zero-order chi connectivity index (χ0) is 13.8. The number of benzene rings is 1. The van der Waals surface area contributed by atoms with Crippen LogP contribution in [0.2, 0.25) is 0 Å². The molecule has 1 aromatic carbocycles. The third-order valence-corrected chi connectivity index (χ3v) is 4.24. The van der Waals surface area contributed by atoms with E-state index in [1.807, 2.05) is 0 Å². The Balaban J connectivity index is 2.23. The Labute approximate surface area is 116 Å². The zero-order valence-electron chi connectivity index (χ0n) is 12.8. The Morgan fingerprint density at radius 1 is 1.11 bits per heavy atom. The molecule has 0 spiro atoms. The first-order valence-corrected chi connectivity index (χ1v) is 7.53. The van der Waals surface area contributed by atoms with Crippen molar-refractivity contribution in [1.29, 1.82) is 0 Å². The fraction of sp³-hybridized carbons (Fsp3) is 0.556. The van der Waals surface area contributed by atoms with E-state index in [4.69, 9.17) is 0 Å². The second kappa shape index (κ2) is 4.13. The smallest absolute Gasteiger partial charge is 0.0488 e. The topological polar surface area (TPSA) is 4.93 Å². The quantitative estimate of drug-likeness (QED) is 0.677. The highest BCUT2D eigenvalue weighted by Crippen LogP contribution is 2.42. The molecule has 1 heterocycles. The van der Waals surface area contributed by atoms with E-state index < -0.39 is 0 Å². The zero-order valence-corrected chi connectivity index (χ0v) is 12.8. The molecule has 102 valence electrons. The SMILES string of the molecule is CC(C)c1cc2ccc(C(C)(C)C)cc2n1C1CC1. The van der Waals surface area contributed by atoms with Crippen molar-refractivity contribution in [2.24, 2.45) is 0 Å². The predicted molar refractivity (Wildman–Crippen MR) is 83.0 cm³/mol. The first kappa shape index (κ1) is 12.8. The average Bonchev–Trinajstić information content (AvgIpc) is 3.07. The van der Waals surface area contributed by atoms with Crippen molar-refractivity contribution >= 4 is 10.9 Å². The normalized spacial score (nSPS) is 16.5. The van der Waals surface area contributed by atoms with Gasteiger partial charge in [0.1, 0.15) is 0 Å². The summed E-state index contributed by atoms with van der Waals surface area (Å²) in [7, 11) is 0. The van der Waals surface area contributed by atoms with Gasteiger partial charge in [0, 0.05) is 17.3 Å². The van der Waals surface area contributed by atoms with Crippen molar-refractivity contribution in [3.8, 4) is 0 Å². The van der Waals surface area contributed by atoms with E-state index in [9.17, 15) is 0 Å². The lowest BCUT2D eigenvalue weighted by Gasteiger charge is -2.20. The van der Waals surface area contributed by atoms with Gasteiger partial charge in [0.15, 0.2) is 0 Å². The van der Waals surface area contributed by atoms with Gasteiger partial charge in [-0.15, -0.1) is 0 Å². The lowest BCUT2D eigenvalue weighted by atomic mass is 9.87. The van der Waals surface area contributed by atoms with Crippen molar-refractivity contribution in [1.82, 2.24) is 4.57 Å². The van der Waals surface area contributed by atoms with Crippen LogP contribution in [0.25, 0.3) is 10.9 Å². The van der Waals surface area contributed by atoms with E-state index >= 15 is 0 Å². The van der Waals surface area contributed by atoms with Crippen LogP contribution < -0.4 is 0 Å². The van der Waals surface area contributed by atoms with E-state index in [0.29, 0.717) is 5.92 Å². The summed E-state index contributed by atoms with van der Waals surface area (Å²) in [6.07, 6.45) is 2.70. The second-order valence-corrected chi connectivity index (χ2v) is 7.35. The number of fused-ring (bicyclic) bond motifs is 1. The molecule has 1 aliphatic carbocycles. The van der Waals surface area contributed by atoms with Crippen LogP contribution in [0, 0.1) is 0 Å². The van der Waals surface area contributed by atoms with Crippen molar-refractivity contribution in [2.45, 2.75) is 64.8 Å². The van der Waals surface area contributed by atoms with E-state index in [1.165, 1.54) is 35.0 Å². The highest BCUT2D eigenvalue weighted by atomic mass is 15.1. The molecule has 1 nitrogen and oxygen atoms in total. The summed E-state index contributed by atoms with van der Waals surface area (Å²) in [5.74, 6) is 0.603. The van der Waals surface area contributed by atoms with Crippen molar-refractivity contribution < 1.29 is 0 Å². The second-order valence-electron chi connectivity index (χ2n) is 7.35. The number of aromatic nitrogens is 1. The van der Waals surface area contributed by atoms with Crippen LogP contribution in [0.15, 0.2) is 24.3 Å². The van der Waals surface area contributed by atoms with Gasteiger partial charge in [-0.05, 0) is 47.3 Å². The summed E-state index contributed by atoms with van der Waals surface area (Å²) in [5.41, 5.74) is 4.61. The van der Waals surface area contributed by atoms with E-state index in [1.54, 1.807) is 0 Å². The molecule has 0 aliphatic heterocycles. The Morgan fingerprint density at radius 3 is 2.32 bits per heavy atom. The summed E-state index contributed by atoms with van der Waals surface area (Å²) in [4.78, 5) is 0. The summed E-state index contributed by atoms with van der Waals surface area (Å²) >= 11 is 0. The molecule has 1 aliphatic rings. The molecule has 1 fully saturated rings. The standard InChI is InChI=1S/C18H25N/c1-12(2)16-10-13-6-7-14(18(3,4)5)11-17(13)19(16)15-8-9-15/h6-7,10-12,15H,8-9H2,1-5H3. The maximum Gasteiger partial charge on any atom is 0.0488 e. The minimum atomic E-state index is 0.227. The Hall–Kier alpha value is -1.24. The lowest BCUT2D eigenvalue weighted by molar-refractivity contribution is 0.590. The summed E-state index contributed by atoms with van der Waals surface area (Å²) < 4.78 is 2.61. The molecule has 0 atom stereocenters. The van der Waals surface area contributed by atoms with Crippen LogP contribution in [0.3, 0.4) is 0 Å². The highest BCUT2D eigenvalue weighted by molar-refractivity contribution is 5.83. The third-order valence-electron chi connectivity index (χ3n) is 4.24. The van der Waals surface area contributed by atoms with Gasteiger partial charge in [0.05, 0.1) is 0 Å². The fourth-order valence-electron chi connectivity index (χ4n) is 2.89. The van der Waals surface area contributed by atoms with Gasteiger partial charge in [-0.2, -0.15) is 0 Å². The maximum absolute atomic E-state index is 2.61. The van der Waals surface area contributed by atoms with Crippen LogP contribution in [0.1, 0.15) is 70.7 Å². The molecule has 2 aromatic rings. The van der Waals surface area contributed by atoms with Crippen LogP contribution in [0.4, 0.5) is 0 Å². The van der Waals surface area contributed by atoms with Crippen LogP contribution >= 0.6 is 0 Å². The third kappa shape index (κ3) is 2.20. The van der Waals surface area contributed by atoms with Gasteiger partial charge < -0.3 is 4.57 Å². The van der Waals surface area contributed by atoms with Crippen molar-refractivity contribution in [2.75, 3.05) is 0 Å². The van der Waals surface area contributed by atoms with Gasteiger partial charge >= 0.3 is 0 Å². The minimum absolute atomic E-state index is 0.227. The molecular weight excluding hydrogens is 230 g/mol. The average molecular weight is 255 g/mol. The monoisotopic (exact) mass is 255 g/mol. The highest BCUT2D eigenvalue weighted by Gasteiger charge is 2.28. The van der Waals surface area contributed by atoms with E-state index in [0.717, 1.165) is 6.04 Å². The number of hydrogen-bond acceptors (Lipinski definition) is 0. The molecule has 0 saturated heterocycles. The Bertz CT molecular complexity index is 606. The maximum atomic E-state index is 2.61. The molecule has 1 saturated carbocycles. The summed E-state index contributed by atoms with van der Waals surface area (Å²) in [6.45, 7) is 11.5. The molecular formula is C18H25N. The molecule has 1 aromatic heterocycles. The number of rotatable bonds is 2. The minimum Gasteiger partial charge on any atom is -0.341 e. The first-order valence-electron chi connectivity index (χ1n) is 7.53. The van der Waals surface area contributed by atoms with Gasteiger partial charge in [0.25, 0.3) is 0 Å². The Kier molecular flexibility index (Phi) is 2.78. The fourth-order valence-corrected chi connectivity index (χ4v) is 2.89. The van der Waals surface area contributed by atoms with Gasteiger partial charge in [-0.25, -0.2) is 0 Å². The largest absolute Gasteiger partial charge is 0.341 e. The number of hydrogen-bond donors (Lipinski definition) is 0. The molecule has 0 amide bonds. The van der Waals surface area contributed by atoms with E-state index in [-0.39, 0.29) is 5.41 Å². The Morgan fingerprint density at radius 2 is 1.79 bits per heavy atom. The molecule has 19 heavy (non-hydrogen) atoms. The van der Waals surface area contributed by atoms with Gasteiger partial charge in [-0.3, -0.25) is 0 Å². The van der Waals surface area contributed by atoms with Crippen LogP contribution in [0.5, 0.6) is 0 Å².